The Balaban J connectivity index is 2.55. The normalized spacial score (nSPS) is 10.9. The first-order valence-corrected chi connectivity index (χ1v) is 7.01. The number of ether oxygens (including phenoxy) is 1. The Kier molecular flexibility index (Phi) is 3.95. The fourth-order valence-electron chi connectivity index (χ4n) is 1.97. The summed E-state index contributed by atoms with van der Waals surface area (Å²) in [6, 6.07) is 3.69. The zero-order valence-corrected chi connectivity index (χ0v) is 12.0. The van der Waals surface area contributed by atoms with Crippen LogP contribution in [0.15, 0.2) is 22.8 Å². The van der Waals surface area contributed by atoms with Crippen LogP contribution < -0.4 is 5.73 Å². The maximum Gasteiger partial charge on any atom is 0.350 e. The van der Waals surface area contributed by atoms with E-state index in [0.29, 0.717) is 17.2 Å². The third-order valence-corrected chi connectivity index (χ3v) is 3.98. The number of rotatable bonds is 4. The first-order valence-electron chi connectivity index (χ1n) is 6.19. The Morgan fingerprint density at radius 2 is 2.26 bits per heavy atom. The van der Waals surface area contributed by atoms with E-state index in [4.69, 9.17) is 14.9 Å². The molecule has 0 radical (unpaired) electrons. The van der Waals surface area contributed by atoms with Gasteiger partial charge in [0.1, 0.15) is 10.6 Å². The van der Waals surface area contributed by atoms with Gasteiger partial charge in [-0.3, -0.25) is 0 Å². The highest BCUT2D eigenvalue weighted by Crippen LogP contribution is 2.42. The van der Waals surface area contributed by atoms with Gasteiger partial charge >= 0.3 is 5.97 Å². The highest BCUT2D eigenvalue weighted by molar-refractivity contribution is 7.18. The summed E-state index contributed by atoms with van der Waals surface area (Å²) in [5, 5.41) is 0. The second kappa shape index (κ2) is 5.48. The molecular formula is C14H17NO3S. The van der Waals surface area contributed by atoms with Crippen molar-refractivity contribution >= 4 is 23.0 Å². The van der Waals surface area contributed by atoms with Crippen LogP contribution in [0.2, 0.25) is 0 Å². The van der Waals surface area contributed by atoms with Crippen LogP contribution in [0.25, 0.3) is 10.6 Å². The molecule has 0 atom stereocenters. The molecule has 0 amide bonds. The lowest BCUT2D eigenvalue weighted by Crippen LogP contribution is -2.06. The van der Waals surface area contributed by atoms with Crippen molar-refractivity contribution in [1.29, 1.82) is 0 Å². The molecule has 2 heterocycles. The van der Waals surface area contributed by atoms with Gasteiger partial charge in [-0.2, -0.15) is 0 Å². The van der Waals surface area contributed by atoms with Gasteiger partial charge in [-0.05, 0) is 25.0 Å². The summed E-state index contributed by atoms with van der Waals surface area (Å²) in [7, 11) is 0. The lowest BCUT2D eigenvalue weighted by Gasteiger charge is -2.07. The van der Waals surface area contributed by atoms with E-state index in [0.717, 1.165) is 16.2 Å². The number of nitrogen functional groups attached to an aromatic ring is 1. The van der Waals surface area contributed by atoms with E-state index in [2.05, 4.69) is 0 Å². The second-order valence-corrected chi connectivity index (χ2v) is 5.46. The van der Waals surface area contributed by atoms with Crippen LogP contribution >= 0.6 is 11.3 Å². The van der Waals surface area contributed by atoms with Crippen LogP contribution in [0.3, 0.4) is 0 Å². The molecule has 0 spiro atoms. The Morgan fingerprint density at radius 3 is 2.79 bits per heavy atom. The quantitative estimate of drug-likeness (QED) is 0.862. The second-order valence-electron chi connectivity index (χ2n) is 4.44. The highest BCUT2D eigenvalue weighted by atomic mass is 32.1. The van der Waals surface area contributed by atoms with Crippen molar-refractivity contribution in [3.8, 4) is 10.6 Å². The van der Waals surface area contributed by atoms with E-state index < -0.39 is 0 Å². The summed E-state index contributed by atoms with van der Waals surface area (Å²) in [4.78, 5) is 13.3. The van der Waals surface area contributed by atoms with Crippen molar-refractivity contribution in [3.05, 3.63) is 28.8 Å². The Morgan fingerprint density at radius 1 is 1.53 bits per heavy atom. The van der Waals surface area contributed by atoms with Crippen LogP contribution in [-0.2, 0) is 4.74 Å². The molecule has 0 fully saturated rings. The minimum Gasteiger partial charge on any atom is -0.464 e. The van der Waals surface area contributed by atoms with Crippen LogP contribution in [0.1, 0.15) is 41.9 Å². The summed E-state index contributed by atoms with van der Waals surface area (Å²) in [6.07, 6.45) is 1.61. The predicted molar refractivity (Wildman–Crippen MR) is 76.5 cm³/mol. The Hall–Kier alpha value is -1.75. The SMILES string of the molecule is CCOC(=O)c1sc(-c2ccco2)c(C(C)C)c1N. The molecule has 0 bridgehead atoms. The Bertz CT molecular complexity index is 570. The molecule has 2 aromatic rings. The topological polar surface area (TPSA) is 65.5 Å². The monoisotopic (exact) mass is 279 g/mol. The van der Waals surface area contributed by atoms with Gasteiger partial charge in [0.05, 0.1) is 23.4 Å². The van der Waals surface area contributed by atoms with Gasteiger partial charge in [0, 0.05) is 5.56 Å². The van der Waals surface area contributed by atoms with Gasteiger partial charge in [-0.25, -0.2) is 4.79 Å². The van der Waals surface area contributed by atoms with Crippen molar-refractivity contribution in [2.24, 2.45) is 0 Å². The van der Waals surface area contributed by atoms with Crippen molar-refractivity contribution in [1.82, 2.24) is 0 Å². The van der Waals surface area contributed by atoms with Crippen LogP contribution in [0, 0.1) is 0 Å². The van der Waals surface area contributed by atoms with E-state index in [1.54, 1.807) is 13.2 Å². The smallest absolute Gasteiger partial charge is 0.350 e. The van der Waals surface area contributed by atoms with Crippen molar-refractivity contribution in [2.45, 2.75) is 26.7 Å². The molecule has 0 aromatic carbocycles. The van der Waals surface area contributed by atoms with E-state index in [9.17, 15) is 4.79 Å². The number of carbonyl (C=O) groups is 1. The van der Waals surface area contributed by atoms with Crippen molar-refractivity contribution < 1.29 is 13.9 Å². The van der Waals surface area contributed by atoms with E-state index >= 15 is 0 Å². The molecule has 0 unspecified atom stereocenters. The van der Waals surface area contributed by atoms with Gasteiger partial charge in [-0.1, -0.05) is 13.8 Å². The molecule has 0 aliphatic rings. The number of carbonyl (C=O) groups excluding carboxylic acids is 1. The molecule has 102 valence electrons. The molecule has 0 aliphatic heterocycles. The Labute approximate surface area is 116 Å². The van der Waals surface area contributed by atoms with Crippen LogP contribution in [0.4, 0.5) is 5.69 Å². The fraction of sp³-hybridized carbons (Fsp3) is 0.357. The highest BCUT2D eigenvalue weighted by Gasteiger charge is 2.25. The van der Waals surface area contributed by atoms with Gasteiger partial charge < -0.3 is 14.9 Å². The molecule has 2 aromatic heterocycles. The predicted octanol–water partition coefficient (Wildman–Crippen LogP) is 3.89. The molecule has 2 rings (SSSR count). The summed E-state index contributed by atoms with van der Waals surface area (Å²) in [5.41, 5.74) is 7.56. The standard InChI is InChI=1S/C14H17NO3S/c1-4-17-14(16)13-11(15)10(8(2)3)12(19-13)9-6-5-7-18-9/h5-8H,4,15H2,1-3H3. The van der Waals surface area contributed by atoms with Crippen LogP contribution in [0.5, 0.6) is 0 Å². The summed E-state index contributed by atoms with van der Waals surface area (Å²) in [6.45, 7) is 6.20. The van der Waals surface area contributed by atoms with E-state index in [1.165, 1.54) is 11.3 Å². The largest absolute Gasteiger partial charge is 0.464 e. The van der Waals surface area contributed by atoms with Gasteiger partial charge in [-0.15, -0.1) is 11.3 Å². The molecule has 5 heteroatoms. The molecule has 0 saturated heterocycles. The van der Waals surface area contributed by atoms with Gasteiger partial charge in [0.25, 0.3) is 0 Å². The van der Waals surface area contributed by atoms with Crippen molar-refractivity contribution in [3.63, 3.8) is 0 Å². The molecule has 4 nitrogen and oxygen atoms in total. The first-order chi connectivity index (χ1) is 9.06. The number of nitrogens with two attached hydrogens (primary N) is 1. The third-order valence-electron chi connectivity index (χ3n) is 2.77. The fourth-order valence-corrected chi connectivity index (χ4v) is 3.21. The van der Waals surface area contributed by atoms with Gasteiger partial charge in [0.15, 0.2) is 0 Å². The number of esters is 1. The van der Waals surface area contributed by atoms with E-state index in [-0.39, 0.29) is 11.9 Å². The zero-order valence-electron chi connectivity index (χ0n) is 11.2. The number of hydrogen-bond acceptors (Lipinski definition) is 5. The minimum atomic E-state index is -0.371. The number of anilines is 1. The number of furan rings is 1. The third kappa shape index (κ3) is 2.51. The molecule has 2 N–H and O–H groups in total. The summed E-state index contributed by atoms with van der Waals surface area (Å²) >= 11 is 1.33. The molecular weight excluding hydrogens is 262 g/mol. The average molecular weight is 279 g/mol. The zero-order chi connectivity index (χ0) is 14.0. The van der Waals surface area contributed by atoms with E-state index in [1.807, 2.05) is 26.0 Å². The minimum absolute atomic E-state index is 0.208. The lowest BCUT2D eigenvalue weighted by atomic mass is 10.0. The maximum atomic E-state index is 11.9. The molecule has 19 heavy (non-hydrogen) atoms. The summed E-state index contributed by atoms with van der Waals surface area (Å²) in [5.74, 6) is 0.570. The lowest BCUT2D eigenvalue weighted by molar-refractivity contribution is 0.0533. The van der Waals surface area contributed by atoms with Crippen molar-refractivity contribution in [2.75, 3.05) is 12.3 Å². The first kappa shape index (κ1) is 13.7. The maximum absolute atomic E-state index is 11.9. The molecule has 0 saturated carbocycles. The summed E-state index contributed by atoms with van der Waals surface area (Å²) < 4.78 is 10.5. The average Bonchev–Trinajstić information content (AvgIpc) is 2.95. The van der Waals surface area contributed by atoms with Gasteiger partial charge in [0.2, 0.25) is 0 Å². The molecule has 0 aliphatic carbocycles. The number of hydrogen-bond donors (Lipinski definition) is 1. The van der Waals surface area contributed by atoms with Crippen LogP contribution in [-0.4, -0.2) is 12.6 Å². The number of thiophene rings is 1.